The van der Waals surface area contributed by atoms with Crippen LogP contribution in [0.3, 0.4) is 0 Å². The molecule has 0 aliphatic carbocycles. The van der Waals surface area contributed by atoms with Gasteiger partial charge in [-0.1, -0.05) is 423 Å². The van der Waals surface area contributed by atoms with Gasteiger partial charge in [-0.3, -0.25) is 4.79 Å². The zero-order chi connectivity index (χ0) is 76.5. The molecule has 0 aromatic heterocycles. The molecule has 2 aliphatic heterocycles. The molecule has 14 heteroatoms. The maximum absolute atomic E-state index is 13.4. The fourth-order valence-electron chi connectivity index (χ4n) is 15.5. The summed E-state index contributed by atoms with van der Waals surface area (Å²) in [7, 11) is 0. The van der Waals surface area contributed by atoms with Crippen LogP contribution in [0.1, 0.15) is 450 Å². The smallest absolute Gasteiger partial charge is 0.220 e. The fourth-order valence-corrected chi connectivity index (χ4v) is 15.5. The number of aliphatic hydroxyl groups excluding tert-OH is 8. The maximum atomic E-state index is 13.4. The number of rotatable bonds is 80. The third-order valence-electron chi connectivity index (χ3n) is 22.8. The molecule has 2 rings (SSSR count). The Labute approximate surface area is 652 Å². The van der Waals surface area contributed by atoms with Gasteiger partial charge in [0.1, 0.15) is 48.8 Å². The molecule has 9 N–H and O–H groups in total. The molecule has 2 heterocycles. The molecule has 626 valence electrons. The van der Waals surface area contributed by atoms with E-state index in [4.69, 9.17) is 18.9 Å². The van der Waals surface area contributed by atoms with Crippen LogP contribution in [0.4, 0.5) is 0 Å². The summed E-state index contributed by atoms with van der Waals surface area (Å²) in [5.41, 5.74) is 0. The van der Waals surface area contributed by atoms with Crippen LogP contribution in [0, 0.1) is 0 Å². The highest BCUT2D eigenvalue weighted by Crippen LogP contribution is 2.31. The molecular formula is C92H175NO13. The minimum Gasteiger partial charge on any atom is -0.394 e. The largest absolute Gasteiger partial charge is 0.394 e. The van der Waals surface area contributed by atoms with Crippen LogP contribution in [-0.2, 0) is 23.7 Å². The van der Waals surface area contributed by atoms with E-state index in [2.05, 4.69) is 43.5 Å². The number of aliphatic hydroxyl groups is 8. The van der Waals surface area contributed by atoms with Crippen molar-refractivity contribution in [2.24, 2.45) is 0 Å². The Morgan fingerprint density at radius 3 is 0.925 bits per heavy atom. The van der Waals surface area contributed by atoms with Crippen molar-refractivity contribution in [2.75, 3.05) is 19.8 Å². The molecule has 0 radical (unpaired) electrons. The predicted molar refractivity (Wildman–Crippen MR) is 443 cm³/mol. The van der Waals surface area contributed by atoms with E-state index in [1.54, 1.807) is 6.08 Å². The Hall–Kier alpha value is -1.79. The van der Waals surface area contributed by atoms with Gasteiger partial charge in [-0.25, -0.2) is 0 Å². The Morgan fingerprint density at radius 1 is 0.330 bits per heavy atom. The van der Waals surface area contributed by atoms with Crippen LogP contribution in [0.15, 0.2) is 36.5 Å². The summed E-state index contributed by atoms with van der Waals surface area (Å²) in [6.45, 7) is 2.86. The second-order valence-corrected chi connectivity index (χ2v) is 32.8. The van der Waals surface area contributed by atoms with Gasteiger partial charge in [0.2, 0.25) is 5.91 Å². The van der Waals surface area contributed by atoms with Crippen LogP contribution >= 0.6 is 0 Å². The van der Waals surface area contributed by atoms with Gasteiger partial charge in [-0.05, 0) is 57.8 Å². The summed E-state index contributed by atoms with van der Waals surface area (Å²) in [6.07, 6.45) is 85.7. The van der Waals surface area contributed by atoms with E-state index in [0.29, 0.717) is 12.8 Å². The van der Waals surface area contributed by atoms with Crippen molar-refractivity contribution in [1.82, 2.24) is 5.32 Å². The third-order valence-corrected chi connectivity index (χ3v) is 22.8. The lowest BCUT2D eigenvalue weighted by Crippen LogP contribution is -2.65. The van der Waals surface area contributed by atoms with Gasteiger partial charge in [-0.15, -0.1) is 0 Å². The van der Waals surface area contributed by atoms with Gasteiger partial charge >= 0.3 is 0 Å². The van der Waals surface area contributed by atoms with Gasteiger partial charge in [0, 0.05) is 6.42 Å². The van der Waals surface area contributed by atoms with Crippen molar-refractivity contribution in [3.05, 3.63) is 36.5 Å². The number of hydrogen-bond donors (Lipinski definition) is 9. The number of ether oxygens (including phenoxy) is 4. The normalized spacial score (nSPS) is 21.4. The summed E-state index contributed by atoms with van der Waals surface area (Å²) in [5, 5.41) is 87.9. The van der Waals surface area contributed by atoms with Gasteiger partial charge in [0.05, 0.1) is 32.0 Å². The van der Waals surface area contributed by atoms with E-state index >= 15 is 0 Å². The molecule has 2 aliphatic rings. The Kier molecular flexibility index (Phi) is 71.8. The summed E-state index contributed by atoms with van der Waals surface area (Å²) in [6, 6.07) is -0.932. The summed E-state index contributed by atoms with van der Waals surface area (Å²) in [5.74, 6) is -0.239. The van der Waals surface area contributed by atoms with Gasteiger partial charge < -0.3 is 65.1 Å². The molecule has 12 atom stereocenters. The minimum atomic E-state index is -1.79. The summed E-state index contributed by atoms with van der Waals surface area (Å²) >= 11 is 0. The van der Waals surface area contributed by atoms with Crippen LogP contribution in [-0.4, -0.2) is 140 Å². The first-order valence-corrected chi connectivity index (χ1v) is 46.2. The van der Waals surface area contributed by atoms with Crippen LogP contribution < -0.4 is 5.32 Å². The first-order chi connectivity index (χ1) is 52.1. The minimum absolute atomic E-state index is 0.239. The Morgan fingerprint density at radius 2 is 0.604 bits per heavy atom. The Balaban J connectivity index is 1.56. The second kappa shape index (κ2) is 75.9. The molecular weight excluding hydrogens is 1330 g/mol. The van der Waals surface area contributed by atoms with Crippen molar-refractivity contribution in [3.63, 3.8) is 0 Å². The van der Waals surface area contributed by atoms with Crippen molar-refractivity contribution < 1.29 is 64.6 Å². The first kappa shape index (κ1) is 100. The molecule has 0 aromatic rings. The molecule has 0 aromatic carbocycles. The second-order valence-electron chi connectivity index (χ2n) is 32.8. The van der Waals surface area contributed by atoms with Gasteiger partial charge in [-0.2, -0.15) is 0 Å². The van der Waals surface area contributed by atoms with Crippen molar-refractivity contribution >= 4 is 5.91 Å². The number of nitrogens with one attached hydrogen (secondary N) is 1. The topological polar surface area (TPSA) is 228 Å². The highest BCUT2D eigenvalue weighted by atomic mass is 16.7. The number of amides is 1. The van der Waals surface area contributed by atoms with Crippen molar-refractivity contribution in [1.29, 1.82) is 0 Å². The zero-order valence-corrected chi connectivity index (χ0v) is 69.2. The number of unbranched alkanes of at least 4 members (excludes halogenated alkanes) is 63. The highest BCUT2D eigenvalue weighted by molar-refractivity contribution is 5.76. The molecule has 2 fully saturated rings. The van der Waals surface area contributed by atoms with E-state index < -0.39 is 86.8 Å². The Bertz CT molecular complexity index is 1920. The van der Waals surface area contributed by atoms with Gasteiger partial charge in [0.25, 0.3) is 0 Å². The van der Waals surface area contributed by atoms with E-state index in [1.807, 2.05) is 6.08 Å². The quantitative estimate of drug-likeness (QED) is 0.0204. The number of carbonyl (C=O) groups is 1. The van der Waals surface area contributed by atoms with Crippen molar-refractivity contribution in [2.45, 2.75) is 524 Å². The van der Waals surface area contributed by atoms with Crippen LogP contribution in [0.5, 0.6) is 0 Å². The third kappa shape index (κ3) is 57.3. The number of carbonyl (C=O) groups excluding carboxylic acids is 1. The molecule has 2 saturated heterocycles. The average Bonchev–Trinajstić information content (AvgIpc) is 0.789. The lowest BCUT2D eigenvalue weighted by Gasteiger charge is -2.46. The molecule has 0 spiro atoms. The predicted octanol–water partition coefficient (Wildman–Crippen LogP) is 22.7. The van der Waals surface area contributed by atoms with Crippen LogP contribution in [0.2, 0.25) is 0 Å². The summed E-state index contributed by atoms with van der Waals surface area (Å²) < 4.78 is 23.0. The SMILES string of the molecule is CCCCCCCCCC/C=C\CCCCCCCCCCCCCCCCCCCCCCCCCCCCCC(=O)NC(COC1OC(CO)C(OC2OC(CO)C(O)C(O)C2O)C(O)C1O)C(O)/C=C/CC/C=C/CCCCCCCCCCCCCCCCCCCCCCCCCCCCC. The van der Waals surface area contributed by atoms with Crippen LogP contribution in [0.25, 0.3) is 0 Å². The molecule has 12 unspecified atom stereocenters. The summed E-state index contributed by atoms with van der Waals surface area (Å²) in [4.78, 5) is 13.4. The first-order valence-electron chi connectivity index (χ1n) is 46.2. The molecule has 0 saturated carbocycles. The average molecular weight is 1500 g/mol. The highest BCUT2D eigenvalue weighted by Gasteiger charge is 2.51. The number of allylic oxidation sites excluding steroid dienone is 5. The molecule has 14 nitrogen and oxygen atoms in total. The standard InChI is InChI=1S/C92H175NO13/c1-3-5-7-9-11-13-15-17-19-21-23-25-27-29-31-33-35-37-38-39-40-41-42-44-46-48-50-52-54-56-58-60-62-64-66-68-70-72-74-76-84(97)93-80(79-103-91-89(102)87(100)90(83(78-95)105-91)106-92-88(101)86(99)85(98)82(77-94)104-92)81(96)75-73-71-69-67-65-63-61-59-57-55-53-51-49-47-45-43-36-34-32-30-28-26-24-22-20-18-16-14-12-10-8-6-4-2/h21,23,65,67,73,75,80-83,85-92,94-96,98-102H,3-20,22,24-64,66,68-72,74,76-79H2,1-2H3,(H,93,97)/b23-21-,67-65+,75-73+. The number of hydrogen-bond acceptors (Lipinski definition) is 13. The van der Waals surface area contributed by atoms with Gasteiger partial charge in [0.15, 0.2) is 12.6 Å². The lowest BCUT2D eigenvalue weighted by atomic mass is 9.97. The van der Waals surface area contributed by atoms with E-state index in [0.717, 1.165) is 32.1 Å². The molecule has 1 amide bonds. The monoisotopic (exact) mass is 1500 g/mol. The van der Waals surface area contributed by atoms with E-state index in [9.17, 15) is 45.6 Å². The molecule has 106 heavy (non-hydrogen) atoms. The van der Waals surface area contributed by atoms with Crippen molar-refractivity contribution in [3.8, 4) is 0 Å². The van der Waals surface area contributed by atoms with E-state index in [1.165, 1.54) is 385 Å². The fraction of sp³-hybridized carbons (Fsp3) is 0.924. The van der Waals surface area contributed by atoms with E-state index in [-0.39, 0.29) is 18.9 Å². The molecule has 0 bridgehead atoms. The zero-order valence-electron chi connectivity index (χ0n) is 69.2. The lowest BCUT2D eigenvalue weighted by molar-refractivity contribution is -0.359. The maximum Gasteiger partial charge on any atom is 0.220 e.